The number of benzene rings is 7. The van der Waals surface area contributed by atoms with E-state index in [9.17, 15) is 0 Å². The van der Waals surface area contributed by atoms with Gasteiger partial charge in [-0.15, -0.1) is 11.3 Å². The van der Waals surface area contributed by atoms with Crippen LogP contribution in [0.1, 0.15) is 0 Å². The molecule has 0 atom stereocenters. The number of rotatable bonds is 4. The molecule has 0 radical (unpaired) electrons. The van der Waals surface area contributed by atoms with Gasteiger partial charge in [-0.1, -0.05) is 127 Å². The van der Waals surface area contributed by atoms with Gasteiger partial charge in [-0.25, -0.2) is 4.98 Å². The van der Waals surface area contributed by atoms with Crippen molar-refractivity contribution in [3.05, 3.63) is 170 Å². The Hall–Kier alpha value is -6.16. The molecule has 0 unspecified atom stereocenters. The molecule has 0 saturated carbocycles. The molecule has 3 heteroatoms. The smallest absolute Gasteiger partial charge is 0.0972 e. The summed E-state index contributed by atoms with van der Waals surface area (Å²) < 4.78 is 0. The first-order valence-electron chi connectivity index (χ1n) is 16.6. The van der Waals surface area contributed by atoms with Crippen LogP contribution in [0.5, 0.6) is 0 Å². The molecule has 0 aliphatic rings. The molecule has 3 aromatic heterocycles. The maximum absolute atomic E-state index is 5.18. The lowest BCUT2D eigenvalue weighted by Gasteiger charge is -2.13. The van der Waals surface area contributed by atoms with Crippen LogP contribution >= 0.6 is 11.3 Å². The summed E-state index contributed by atoms with van der Waals surface area (Å²) in [7, 11) is 0. The van der Waals surface area contributed by atoms with Gasteiger partial charge in [0, 0.05) is 37.9 Å². The summed E-state index contributed by atoms with van der Waals surface area (Å²) in [6, 6.07) is 59.1. The van der Waals surface area contributed by atoms with Gasteiger partial charge in [0.15, 0.2) is 0 Å². The van der Waals surface area contributed by atoms with Crippen LogP contribution in [0.4, 0.5) is 0 Å². The van der Waals surface area contributed by atoms with Gasteiger partial charge in [0.25, 0.3) is 0 Å². The van der Waals surface area contributed by atoms with Gasteiger partial charge in [0.2, 0.25) is 0 Å². The monoisotopic (exact) mass is 640 g/mol. The second-order valence-corrected chi connectivity index (χ2v) is 13.6. The van der Waals surface area contributed by atoms with Gasteiger partial charge in [0.05, 0.1) is 16.7 Å². The zero-order valence-corrected chi connectivity index (χ0v) is 27.3. The third-order valence-corrected chi connectivity index (χ3v) is 10.9. The maximum Gasteiger partial charge on any atom is 0.0972 e. The Morgan fingerprint density at radius 1 is 0.367 bits per heavy atom. The molecule has 3 heterocycles. The first kappa shape index (κ1) is 27.9. The van der Waals surface area contributed by atoms with Gasteiger partial charge < -0.3 is 0 Å². The van der Waals surface area contributed by atoms with Crippen LogP contribution in [0, 0.1) is 0 Å². The van der Waals surface area contributed by atoms with Crippen molar-refractivity contribution in [1.82, 2.24) is 9.97 Å². The molecule has 0 saturated heterocycles. The lowest BCUT2D eigenvalue weighted by Crippen LogP contribution is -1.91. The van der Waals surface area contributed by atoms with Crippen LogP contribution in [0.3, 0.4) is 0 Å². The van der Waals surface area contributed by atoms with E-state index in [4.69, 9.17) is 4.98 Å². The fraction of sp³-hybridized carbons (Fsp3) is 0. The molecule has 49 heavy (non-hydrogen) atoms. The Kier molecular flexibility index (Phi) is 6.39. The molecule has 0 spiro atoms. The van der Waals surface area contributed by atoms with E-state index >= 15 is 0 Å². The molecule has 7 aromatic carbocycles. The molecule has 10 aromatic rings. The zero-order chi connectivity index (χ0) is 32.3. The van der Waals surface area contributed by atoms with Crippen molar-refractivity contribution >= 4 is 65.5 Å². The minimum Gasteiger partial charge on any atom is -0.254 e. The Balaban J connectivity index is 1.06. The van der Waals surface area contributed by atoms with Crippen LogP contribution in [0.25, 0.3) is 97.4 Å². The minimum atomic E-state index is 0.934. The second-order valence-electron chi connectivity index (χ2n) is 12.6. The summed E-state index contributed by atoms with van der Waals surface area (Å²) in [5.41, 5.74) is 8.87. The number of nitrogens with zero attached hydrogens (tertiary/aromatic N) is 2. The average Bonchev–Trinajstić information content (AvgIpc) is 3.67. The number of hydrogen-bond acceptors (Lipinski definition) is 3. The summed E-state index contributed by atoms with van der Waals surface area (Å²) >= 11 is 1.86. The normalized spacial score (nSPS) is 11.7. The lowest BCUT2D eigenvalue weighted by atomic mass is 9.92. The predicted octanol–water partition coefficient (Wildman–Crippen LogP) is 13.0. The van der Waals surface area contributed by atoms with E-state index in [1.54, 1.807) is 0 Å². The van der Waals surface area contributed by atoms with Gasteiger partial charge in [-0.3, -0.25) is 4.98 Å². The molecule has 2 nitrogen and oxygen atoms in total. The highest BCUT2D eigenvalue weighted by Crippen LogP contribution is 2.42. The van der Waals surface area contributed by atoms with Crippen LogP contribution in [-0.2, 0) is 0 Å². The molecule has 0 aliphatic heterocycles. The Bertz CT molecular complexity index is 2900. The maximum atomic E-state index is 5.18. The number of hydrogen-bond donors (Lipinski definition) is 0. The average molecular weight is 641 g/mol. The number of pyridine rings is 2. The molecular weight excluding hydrogens is 613 g/mol. The van der Waals surface area contributed by atoms with Crippen LogP contribution < -0.4 is 0 Å². The zero-order valence-electron chi connectivity index (χ0n) is 26.5. The molecule has 228 valence electrons. The Morgan fingerprint density at radius 3 is 1.86 bits per heavy atom. The topological polar surface area (TPSA) is 25.8 Å². The van der Waals surface area contributed by atoms with Gasteiger partial charge in [-0.05, 0) is 85.4 Å². The van der Waals surface area contributed by atoms with Crippen molar-refractivity contribution in [2.24, 2.45) is 0 Å². The van der Waals surface area contributed by atoms with Crippen molar-refractivity contribution < 1.29 is 0 Å². The molecule has 0 amide bonds. The molecular formula is C46H28N2S. The number of aromatic nitrogens is 2. The van der Waals surface area contributed by atoms with E-state index in [0.717, 1.165) is 33.1 Å². The third kappa shape index (κ3) is 4.62. The SMILES string of the molecule is c1cc(-c2ccc(-c3cc4ccccc4c4ccccc34)s2)cc(-c2ccc(-c3ccc4ccc5cccnc5c4n3)c3ccccc23)c1. The quantitative estimate of drug-likeness (QED) is 0.179. The van der Waals surface area contributed by atoms with Crippen molar-refractivity contribution in [2.75, 3.05) is 0 Å². The van der Waals surface area contributed by atoms with Crippen molar-refractivity contribution in [3.8, 4) is 43.3 Å². The number of thiophene rings is 1. The summed E-state index contributed by atoms with van der Waals surface area (Å²) in [5.74, 6) is 0. The highest BCUT2D eigenvalue weighted by Gasteiger charge is 2.15. The fourth-order valence-corrected chi connectivity index (χ4v) is 8.42. The van der Waals surface area contributed by atoms with E-state index in [1.807, 2.05) is 23.6 Å². The molecule has 0 fully saturated rings. The van der Waals surface area contributed by atoms with Crippen molar-refractivity contribution in [3.63, 3.8) is 0 Å². The van der Waals surface area contributed by atoms with E-state index < -0.39 is 0 Å². The first-order chi connectivity index (χ1) is 24.3. The number of fused-ring (bicyclic) bond motifs is 7. The molecule has 10 rings (SSSR count). The Morgan fingerprint density at radius 2 is 1.00 bits per heavy atom. The predicted molar refractivity (Wildman–Crippen MR) is 209 cm³/mol. The highest BCUT2D eigenvalue weighted by atomic mass is 32.1. The second kappa shape index (κ2) is 11.2. The third-order valence-electron chi connectivity index (χ3n) is 9.73. The summed E-state index contributed by atoms with van der Waals surface area (Å²) in [6.07, 6.45) is 1.84. The van der Waals surface area contributed by atoms with Gasteiger partial charge >= 0.3 is 0 Å². The van der Waals surface area contributed by atoms with Crippen molar-refractivity contribution in [2.45, 2.75) is 0 Å². The van der Waals surface area contributed by atoms with Gasteiger partial charge in [-0.2, -0.15) is 0 Å². The van der Waals surface area contributed by atoms with Crippen LogP contribution in [-0.4, -0.2) is 9.97 Å². The fourth-order valence-electron chi connectivity index (χ4n) is 7.38. The highest BCUT2D eigenvalue weighted by molar-refractivity contribution is 7.19. The summed E-state index contributed by atoms with van der Waals surface area (Å²) in [6.45, 7) is 0. The van der Waals surface area contributed by atoms with Gasteiger partial charge in [0.1, 0.15) is 0 Å². The van der Waals surface area contributed by atoms with E-state index in [1.165, 1.54) is 64.3 Å². The molecule has 0 N–H and O–H groups in total. The minimum absolute atomic E-state index is 0.934. The van der Waals surface area contributed by atoms with E-state index in [0.29, 0.717) is 0 Å². The van der Waals surface area contributed by atoms with Crippen LogP contribution in [0.15, 0.2) is 170 Å². The molecule has 0 bridgehead atoms. The van der Waals surface area contributed by atoms with Crippen molar-refractivity contribution in [1.29, 1.82) is 0 Å². The largest absolute Gasteiger partial charge is 0.254 e. The van der Waals surface area contributed by atoms with Crippen LogP contribution in [0.2, 0.25) is 0 Å². The lowest BCUT2D eigenvalue weighted by molar-refractivity contribution is 1.37. The van der Waals surface area contributed by atoms with E-state index in [-0.39, 0.29) is 0 Å². The standard InChI is InChI=1S/C46H28N2S/c1-2-13-34-32(9-1)28-41(39-17-6-4-14-36(34)39)44-25-24-43(49-44)33-11-7-10-31(27-33)35-21-22-40(38-16-5-3-15-37(35)38)42-23-20-30-19-18-29-12-8-26-47-45(29)46(30)48-42/h1-28H. The first-order valence-corrected chi connectivity index (χ1v) is 17.4. The Labute approximate surface area is 287 Å². The summed E-state index contributed by atoms with van der Waals surface area (Å²) in [4.78, 5) is 12.4. The van der Waals surface area contributed by atoms with E-state index in [2.05, 4.69) is 163 Å². The summed E-state index contributed by atoms with van der Waals surface area (Å²) in [5, 5.41) is 9.75. The molecule has 0 aliphatic carbocycles.